The molecule has 1 aromatic carbocycles. The van der Waals surface area contributed by atoms with Crippen LogP contribution in [0.5, 0.6) is 0 Å². The number of likely N-dealkylation sites (N-methyl/N-ethyl adjacent to an activating group) is 1. The number of amides is 1. The summed E-state index contributed by atoms with van der Waals surface area (Å²) in [4.78, 5) is 16.8. The van der Waals surface area contributed by atoms with Crippen molar-refractivity contribution in [2.24, 2.45) is 0 Å². The zero-order valence-electron chi connectivity index (χ0n) is 12.0. The Balaban J connectivity index is 2.24. The van der Waals surface area contributed by atoms with Crippen molar-refractivity contribution in [2.75, 3.05) is 26.7 Å². The van der Waals surface area contributed by atoms with Gasteiger partial charge in [-0.3, -0.25) is 9.69 Å². The molecule has 0 radical (unpaired) electrons. The van der Waals surface area contributed by atoms with Crippen LogP contribution in [-0.4, -0.2) is 42.4 Å². The molecule has 1 aromatic rings. The Bertz CT molecular complexity index is 398. The molecule has 0 spiro atoms. The summed E-state index contributed by atoms with van der Waals surface area (Å²) in [5.41, 5.74) is 1.12. The van der Waals surface area contributed by atoms with Crippen LogP contribution in [-0.2, 0) is 4.79 Å². The summed E-state index contributed by atoms with van der Waals surface area (Å²) >= 11 is 0. The molecule has 0 aliphatic carbocycles. The molecule has 0 saturated carbocycles. The third-order valence-electron chi connectivity index (χ3n) is 3.96. The summed E-state index contributed by atoms with van der Waals surface area (Å²) in [5, 5.41) is 0. The monoisotopic (exact) mass is 260 g/mol. The van der Waals surface area contributed by atoms with Crippen LogP contribution in [0.15, 0.2) is 30.3 Å². The van der Waals surface area contributed by atoms with Crippen molar-refractivity contribution in [1.82, 2.24) is 9.80 Å². The quantitative estimate of drug-likeness (QED) is 0.831. The van der Waals surface area contributed by atoms with Crippen LogP contribution >= 0.6 is 0 Å². The van der Waals surface area contributed by atoms with Crippen LogP contribution < -0.4 is 0 Å². The van der Waals surface area contributed by atoms with Crippen LogP contribution in [0.1, 0.15) is 37.8 Å². The van der Waals surface area contributed by atoms with E-state index < -0.39 is 0 Å². The highest BCUT2D eigenvalue weighted by Gasteiger charge is 2.30. The van der Waals surface area contributed by atoms with Crippen molar-refractivity contribution in [3.05, 3.63) is 35.9 Å². The lowest BCUT2D eigenvalue weighted by molar-refractivity contribution is -0.136. The molecule has 1 amide bonds. The minimum atomic E-state index is -0.105. The van der Waals surface area contributed by atoms with Crippen LogP contribution in [0.25, 0.3) is 0 Å². The van der Waals surface area contributed by atoms with Gasteiger partial charge in [0.25, 0.3) is 0 Å². The molecular formula is C16H24N2O. The number of nitrogens with zero attached hydrogens (tertiary/aromatic N) is 2. The summed E-state index contributed by atoms with van der Waals surface area (Å²) in [6.07, 6.45) is 3.69. The standard InChI is InChI=1S/C16H24N2O/c1-3-17(2)16(19)15(14-10-6-4-7-11-14)18-12-8-5-9-13-18/h4,6-7,10-11,15H,3,5,8-9,12-13H2,1-2H3/t15-/m0/s1. The lowest BCUT2D eigenvalue weighted by Gasteiger charge is -2.35. The number of rotatable bonds is 4. The lowest BCUT2D eigenvalue weighted by Crippen LogP contribution is -2.43. The molecule has 1 saturated heterocycles. The van der Waals surface area contributed by atoms with Crippen molar-refractivity contribution in [3.63, 3.8) is 0 Å². The molecule has 1 aliphatic heterocycles. The van der Waals surface area contributed by atoms with E-state index in [-0.39, 0.29) is 11.9 Å². The Hall–Kier alpha value is -1.35. The van der Waals surface area contributed by atoms with Gasteiger partial charge >= 0.3 is 0 Å². The van der Waals surface area contributed by atoms with E-state index in [2.05, 4.69) is 17.0 Å². The first-order valence-corrected chi connectivity index (χ1v) is 7.28. The topological polar surface area (TPSA) is 23.6 Å². The SMILES string of the molecule is CCN(C)C(=O)[C@H](c1ccccc1)N1CCCCC1. The number of carbonyl (C=O) groups excluding carboxylic acids is 1. The highest BCUT2D eigenvalue weighted by molar-refractivity contribution is 5.83. The smallest absolute Gasteiger partial charge is 0.244 e. The Kier molecular flexibility index (Phi) is 4.97. The van der Waals surface area contributed by atoms with Crippen molar-refractivity contribution < 1.29 is 4.79 Å². The molecule has 1 atom stereocenters. The van der Waals surface area contributed by atoms with E-state index in [9.17, 15) is 4.79 Å². The van der Waals surface area contributed by atoms with Crippen LogP contribution in [0.3, 0.4) is 0 Å². The molecule has 104 valence electrons. The first-order chi connectivity index (χ1) is 9.24. The highest BCUT2D eigenvalue weighted by Crippen LogP contribution is 2.26. The van der Waals surface area contributed by atoms with Crippen molar-refractivity contribution in [2.45, 2.75) is 32.2 Å². The van der Waals surface area contributed by atoms with E-state index in [1.54, 1.807) is 0 Å². The number of carbonyl (C=O) groups is 1. The molecule has 1 aliphatic rings. The molecule has 0 bridgehead atoms. The lowest BCUT2D eigenvalue weighted by atomic mass is 10.0. The van der Waals surface area contributed by atoms with Gasteiger partial charge in [-0.1, -0.05) is 36.8 Å². The zero-order valence-corrected chi connectivity index (χ0v) is 12.0. The van der Waals surface area contributed by atoms with Gasteiger partial charge < -0.3 is 4.90 Å². The second kappa shape index (κ2) is 6.71. The van der Waals surface area contributed by atoms with Gasteiger partial charge in [-0.2, -0.15) is 0 Å². The van der Waals surface area contributed by atoms with E-state index in [4.69, 9.17) is 0 Å². The number of hydrogen-bond donors (Lipinski definition) is 0. The summed E-state index contributed by atoms with van der Waals surface area (Å²) in [6.45, 7) is 4.85. The number of piperidine rings is 1. The average Bonchev–Trinajstić information content (AvgIpc) is 2.49. The largest absolute Gasteiger partial charge is 0.344 e. The predicted octanol–water partition coefficient (Wildman–Crippen LogP) is 2.69. The van der Waals surface area contributed by atoms with Gasteiger partial charge in [-0.15, -0.1) is 0 Å². The first kappa shape index (κ1) is 14.1. The predicted molar refractivity (Wildman–Crippen MR) is 77.9 cm³/mol. The highest BCUT2D eigenvalue weighted by atomic mass is 16.2. The molecular weight excluding hydrogens is 236 g/mol. The summed E-state index contributed by atoms with van der Waals surface area (Å²) in [7, 11) is 1.89. The normalized spacial score (nSPS) is 18.0. The maximum absolute atomic E-state index is 12.7. The molecule has 2 rings (SSSR count). The van der Waals surface area contributed by atoms with E-state index in [0.717, 1.165) is 25.2 Å². The van der Waals surface area contributed by atoms with E-state index >= 15 is 0 Å². The number of benzene rings is 1. The second-order valence-corrected chi connectivity index (χ2v) is 5.26. The van der Waals surface area contributed by atoms with Crippen LogP contribution in [0.4, 0.5) is 0 Å². The van der Waals surface area contributed by atoms with Crippen molar-refractivity contribution >= 4 is 5.91 Å². The van der Waals surface area contributed by atoms with Gasteiger partial charge in [0.15, 0.2) is 0 Å². The van der Waals surface area contributed by atoms with Gasteiger partial charge in [0, 0.05) is 13.6 Å². The third-order valence-corrected chi connectivity index (χ3v) is 3.96. The van der Waals surface area contributed by atoms with Gasteiger partial charge in [0.05, 0.1) is 0 Å². The van der Waals surface area contributed by atoms with Gasteiger partial charge in [0.1, 0.15) is 6.04 Å². The molecule has 0 aromatic heterocycles. The van der Waals surface area contributed by atoms with Crippen molar-refractivity contribution in [1.29, 1.82) is 0 Å². The Labute approximate surface area is 116 Å². The average molecular weight is 260 g/mol. The van der Waals surface area contributed by atoms with Crippen molar-refractivity contribution in [3.8, 4) is 0 Å². The zero-order chi connectivity index (χ0) is 13.7. The molecule has 1 fully saturated rings. The fourth-order valence-corrected chi connectivity index (χ4v) is 2.69. The maximum Gasteiger partial charge on any atom is 0.244 e. The second-order valence-electron chi connectivity index (χ2n) is 5.26. The summed E-state index contributed by atoms with van der Waals surface area (Å²) in [5.74, 6) is 0.218. The minimum Gasteiger partial charge on any atom is -0.344 e. The third kappa shape index (κ3) is 3.35. The first-order valence-electron chi connectivity index (χ1n) is 7.28. The van der Waals surface area contributed by atoms with E-state index in [0.29, 0.717) is 0 Å². The molecule has 0 unspecified atom stereocenters. The Morgan fingerprint density at radius 1 is 1.21 bits per heavy atom. The molecule has 3 nitrogen and oxygen atoms in total. The van der Waals surface area contributed by atoms with E-state index in [1.165, 1.54) is 19.3 Å². The maximum atomic E-state index is 12.7. The Morgan fingerprint density at radius 3 is 2.42 bits per heavy atom. The fourth-order valence-electron chi connectivity index (χ4n) is 2.69. The number of hydrogen-bond acceptors (Lipinski definition) is 2. The minimum absolute atomic E-state index is 0.105. The van der Waals surface area contributed by atoms with Crippen LogP contribution in [0.2, 0.25) is 0 Å². The Morgan fingerprint density at radius 2 is 1.84 bits per heavy atom. The van der Waals surface area contributed by atoms with Gasteiger partial charge in [-0.25, -0.2) is 0 Å². The van der Waals surface area contributed by atoms with Gasteiger partial charge in [0.2, 0.25) is 5.91 Å². The molecule has 0 N–H and O–H groups in total. The van der Waals surface area contributed by atoms with Crippen LogP contribution in [0, 0.1) is 0 Å². The molecule has 3 heteroatoms. The summed E-state index contributed by atoms with van der Waals surface area (Å²) in [6, 6.07) is 10.1. The number of likely N-dealkylation sites (tertiary alicyclic amines) is 1. The van der Waals surface area contributed by atoms with E-state index in [1.807, 2.05) is 37.1 Å². The van der Waals surface area contributed by atoms with Gasteiger partial charge in [-0.05, 0) is 38.4 Å². The molecule has 1 heterocycles. The summed E-state index contributed by atoms with van der Waals surface area (Å²) < 4.78 is 0. The fraction of sp³-hybridized carbons (Fsp3) is 0.562. The molecule has 19 heavy (non-hydrogen) atoms.